The van der Waals surface area contributed by atoms with Gasteiger partial charge in [0.15, 0.2) is 0 Å². The lowest BCUT2D eigenvalue weighted by Crippen LogP contribution is -2.48. The van der Waals surface area contributed by atoms with Gasteiger partial charge in [-0.2, -0.15) is 0 Å². The maximum absolute atomic E-state index is 4.63. The predicted octanol–water partition coefficient (Wildman–Crippen LogP) is 2.28. The van der Waals surface area contributed by atoms with Crippen LogP contribution < -0.4 is 10.2 Å². The van der Waals surface area contributed by atoms with Crippen LogP contribution in [-0.4, -0.2) is 49.2 Å². The predicted molar refractivity (Wildman–Crippen MR) is 85.3 cm³/mol. The third kappa shape index (κ3) is 3.49. The Kier molecular flexibility index (Phi) is 5.38. The molecule has 4 heteroatoms. The molecule has 0 spiro atoms. The number of nitrogens with one attached hydrogen (secondary N) is 1. The fourth-order valence-electron chi connectivity index (χ4n) is 2.85. The molecular formula is C16H28N4. The smallest absolute Gasteiger partial charge is 0.0574 e. The number of hydrogen-bond donors (Lipinski definition) is 1. The second kappa shape index (κ2) is 7.04. The van der Waals surface area contributed by atoms with Crippen molar-refractivity contribution >= 4 is 5.69 Å². The van der Waals surface area contributed by atoms with Gasteiger partial charge in [-0.1, -0.05) is 6.92 Å². The Balaban J connectivity index is 1.97. The molecule has 1 aromatic heterocycles. The van der Waals surface area contributed by atoms with Crippen LogP contribution >= 0.6 is 0 Å². The van der Waals surface area contributed by atoms with Crippen molar-refractivity contribution < 1.29 is 0 Å². The van der Waals surface area contributed by atoms with E-state index < -0.39 is 0 Å². The molecule has 20 heavy (non-hydrogen) atoms. The molecule has 0 aliphatic carbocycles. The van der Waals surface area contributed by atoms with E-state index in [1.54, 1.807) is 0 Å². The van der Waals surface area contributed by atoms with Gasteiger partial charge in [-0.25, -0.2) is 0 Å². The quantitative estimate of drug-likeness (QED) is 0.894. The van der Waals surface area contributed by atoms with Gasteiger partial charge < -0.3 is 10.2 Å². The Morgan fingerprint density at radius 2 is 1.90 bits per heavy atom. The first-order chi connectivity index (χ1) is 9.65. The summed E-state index contributed by atoms with van der Waals surface area (Å²) in [6.07, 6.45) is 3.09. The first-order valence-corrected chi connectivity index (χ1v) is 7.78. The highest BCUT2D eigenvalue weighted by Crippen LogP contribution is 2.20. The summed E-state index contributed by atoms with van der Waals surface area (Å²) in [5.41, 5.74) is 2.39. The van der Waals surface area contributed by atoms with E-state index in [0.29, 0.717) is 12.1 Å². The summed E-state index contributed by atoms with van der Waals surface area (Å²) < 4.78 is 0. The highest BCUT2D eigenvalue weighted by Gasteiger charge is 2.19. The van der Waals surface area contributed by atoms with E-state index in [4.69, 9.17) is 0 Å². The fourth-order valence-corrected chi connectivity index (χ4v) is 2.85. The molecule has 1 N–H and O–H groups in total. The second-order valence-electron chi connectivity index (χ2n) is 5.81. The van der Waals surface area contributed by atoms with Gasteiger partial charge in [0.1, 0.15) is 0 Å². The van der Waals surface area contributed by atoms with E-state index in [1.807, 2.05) is 13.2 Å². The monoisotopic (exact) mass is 276 g/mol. The minimum atomic E-state index is 0.363. The Hall–Kier alpha value is -1.13. The van der Waals surface area contributed by atoms with Gasteiger partial charge in [-0.3, -0.25) is 9.88 Å². The minimum Gasteiger partial charge on any atom is -0.368 e. The number of anilines is 1. The zero-order chi connectivity index (χ0) is 14.5. The van der Waals surface area contributed by atoms with Crippen molar-refractivity contribution in [3.05, 3.63) is 24.0 Å². The lowest BCUT2D eigenvalue weighted by Gasteiger charge is -2.38. The fraction of sp³-hybridized carbons (Fsp3) is 0.688. The van der Waals surface area contributed by atoms with Crippen molar-refractivity contribution in [2.45, 2.75) is 39.3 Å². The van der Waals surface area contributed by atoms with Crippen LogP contribution in [0.3, 0.4) is 0 Å². The number of pyridine rings is 1. The Morgan fingerprint density at radius 3 is 2.35 bits per heavy atom. The van der Waals surface area contributed by atoms with Crippen molar-refractivity contribution in [3.63, 3.8) is 0 Å². The molecule has 112 valence electrons. The van der Waals surface area contributed by atoms with E-state index in [0.717, 1.165) is 38.3 Å². The summed E-state index contributed by atoms with van der Waals surface area (Å²) >= 11 is 0. The van der Waals surface area contributed by atoms with Gasteiger partial charge in [0.25, 0.3) is 0 Å². The zero-order valence-corrected chi connectivity index (χ0v) is 13.3. The summed E-state index contributed by atoms with van der Waals surface area (Å²) in [6.45, 7) is 11.2. The maximum atomic E-state index is 4.63. The van der Waals surface area contributed by atoms with Crippen LogP contribution in [0.25, 0.3) is 0 Å². The molecule has 1 aliphatic heterocycles. The van der Waals surface area contributed by atoms with E-state index in [9.17, 15) is 0 Å². The standard InChI is InChI=1S/C16H28N4/c1-5-15(17-4)16-7-6-14(12-18-16)20-10-8-19(9-11-20)13(2)3/h6-7,12-13,15,17H,5,8-11H2,1-4H3. The van der Waals surface area contributed by atoms with Crippen LogP contribution in [0.4, 0.5) is 5.69 Å². The van der Waals surface area contributed by atoms with Crippen LogP contribution in [-0.2, 0) is 0 Å². The molecule has 1 saturated heterocycles. The van der Waals surface area contributed by atoms with Crippen molar-refractivity contribution in [2.24, 2.45) is 0 Å². The Labute approximate surface area is 123 Å². The average molecular weight is 276 g/mol. The number of rotatable bonds is 5. The highest BCUT2D eigenvalue weighted by molar-refractivity contribution is 5.45. The average Bonchev–Trinajstić information content (AvgIpc) is 2.49. The molecule has 0 bridgehead atoms. The highest BCUT2D eigenvalue weighted by atomic mass is 15.3. The molecule has 1 aliphatic rings. The summed E-state index contributed by atoms with van der Waals surface area (Å²) in [5.74, 6) is 0. The van der Waals surface area contributed by atoms with Crippen molar-refractivity contribution in [1.82, 2.24) is 15.2 Å². The third-order valence-corrected chi connectivity index (χ3v) is 4.29. The topological polar surface area (TPSA) is 31.4 Å². The first-order valence-electron chi connectivity index (χ1n) is 7.78. The van der Waals surface area contributed by atoms with E-state index >= 15 is 0 Å². The molecule has 2 rings (SSSR count). The molecule has 2 heterocycles. The first kappa shape index (κ1) is 15.3. The van der Waals surface area contributed by atoms with Crippen molar-refractivity contribution in [3.8, 4) is 0 Å². The van der Waals surface area contributed by atoms with E-state index in [-0.39, 0.29) is 0 Å². The summed E-state index contributed by atoms with van der Waals surface area (Å²) in [6, 6.07) is 5.39. The molecule has 0 amide bonds. The SMILES string of the molecule is CCC(NC)c1ccc(N2CCN(C(C)C)CC2)cn1. The van der Waals surface area contributed by atoms with Crippen molar-refractivity contribution in [1.29, 1.82) is 0 Å². The van der Waals surface area contributed by atoms with Gasteiger partial charge in [0.2, 0.25) is 0 Å². The second-order valence-corrected chi connectivity index (χ2v) is 5.81. The lowest BCUT2D eigenvalue weighted by molar-refractivity contribution is 0.209. The number of piperazine rings is 1. The van der Waals surface area contributed by atoms with Gasteiger partial charge in [0, 0.05) is 38.3 Å². The van der Waals surface area contributed by atoms with Crippen LogP contribution in [0.15, 0.2) is 18.3 Å². The number of aromatic nitrogens is 1. The summed E-state index contributed by atoms with van der Waals surface area (Å²) in [4.78, 5) is 9.61. The number of nitrogens with zero attached hydrogens (tertiary/aromatic N) is 3. The van der Waals surface area contributed by atoms with E-state index in [1.165, 1.54) is 5.69 Å². The molecule has 1 atom stereocenters. The van der Waals surface area contributed by atoms with Crippen LogP contribution in [0.1, 0.15) is 38.9 Å². The Morgan fingerprint density at radius 1 is 1.20 bits per heavy atom. The zero-order valence-electron chi connectivity index (χ0n) is 13.3. The summed E-state index contributed by atoms with van der Waals surface area (Å²) in [7, 11) is 1.99. The number of hydrogen-bond acceptors (Lipinski definition) is 4. The molecule has 0 aromatic carbocycles. The Bertz CT molecular complexity index is 389. The van der Waals surface area contributed by atoms with E-state index in [2.05, 4.69) is 53.0 Å². The molecule has 0 radical (unpaired) electrons. The normalized spacial score (nSPS) is 18.6. The largest absolute Gasteiger partial charge is 0.368 e. The van der Waals surface area contributed by atoms with Crippen LogP contribution in [0, 0.1) is 0 Å². The molecule has 0 saturated carbocycles. The molecule has 1 fully saturated rings. The minimum absolute atomic E-state index is 0.363. The molecular weight excluding hydrogens is 248 g/mol. The van der Waals surface area contributed by atoms with Gasteiger partial charge in [-0.15, -0.1) is 0 Å². The summed E-state index contributed by atoms with van der Waals surface area (Å²) in [5, 5.41) is 3.30. The molecule has 4 nitrogen and oxygen atoms in total. The molecule has 1 unspecified atom stereocenters. The van der Waals surface area contributed by atoms with Gasteiger partial charge in [-0.05, 0) is 39.4 Å². The van der Waals surface area contributed by atoms with Crippen LogP contribution in [0.2, 0.25) is 0 Å². The van der Waals surface area contributed by atoms with Crippen molar-refractivity contribution in [2.75, 3.05) is 38.1 Å². The van der Waals surface area contributed by atoms with Gasteiger partial charge in [0.05, 0.1) is 17.6 Å². The van der Waals surface area contributed by atoms with Gasteiger partial charge >= 0.3 is 0 Å². The lowest BCUT2D eigenvalue weighted by atomic mass is 10.1. The molecule has 1 aromatic rings. The third-order valence-electron chi connectivity index (χ3n) is 4.29. The van der Waals surface area contributed by atoms with Crippen LogP contribution in [0.5, 0.6) is 0 Å². The maximum Gasteiger partial charge on any atom is 0.0574 e.